The number of aromatic nitrogens is 3. The first kappa shape index (κ1) is 10.5. The third-order valence-electron chi connectivity index (χ3n) is 2.11. The standard InChI is InChI=1S/C9H8F2N4O/c1-12-9(16)5-2-3-6-13-14-8(7(10)11)15(6)4-5/h2-4,7H,1H3,(H,12,16). The van der Waals surface area contributed by atoms with Gasteiger partial charge < -0.3 is 5.32 Å². The van der Waals surface area contributed by atoms with Crippen LogP contribution in [0.1, 0.15) is 22.6 Å². The first-order valence-electron chi connectivity index (χ1n) is 4.48. The lowest BCUT2D eigenvalue weighted by molar-refractivity contribution is 0.0962. The summed E-state index contributed by atoms with van der Waals surface area (Å²) < 4.78 is 26.1. The van der Waals surface area contributed by atoms with E-state index in [2.05, 4.69) is 15.5 Å². The molecule has 1 N–H and O–H groups in total. The summed E-state index contributed by atoms with van der Waals surface area (Å²) in [4.78, 5) is 11.3. The summed E-state index contributed by atoms with van der Waals surface area (Å²) in [6, 6.07) is 2.96. The third-order valence-corrected chi connectivity index (χ3v) is 2.11. The van der Waals surface area contributed by atoms with Crippen LogP contribution in [0.2, 0.25) is 0 Å². The van der Waals surface area contributed by atoms with Crippen molar-refractivity contribution in [3.63, 3.8) is 0 Å². The molecule has 0 spiro atoms. The predicted molar refractivity (Wildman–Crippen MR) is 51.3 cm³/mol. The molecule has 0 saturated carbocycles. The highest BCUT2D eigenvalue weighted by molar-refractivity contribution is 5.93. The Bertz CT molecular complexity index is 537. The van der Waals surface area contributed by atoms with E-state index in [1.54, 1.807) is 0 Å². The molecular formula is C9H8F2N4O. The van der Waals surface area contributed by atoms with Gasteiger partial charge in [0.2, 0.25) is 5.82 Å². The lowest BCUT2D eigenvalue weighted by Crippen LogP contribution is -2.18. The van der Waals surface area contributed by atoms with Crippen molar-refractivity contribution in [2.45, 2.75) is 6.43 Å². The number of hydrogen-bond acceptors (Lipinski definition) is 3. The van der Waals surface area contributed by atoms with Gasteiger partial charge in [-0.25, -0.2) is 8.78 Å². The minimum Gasteiger partial charge on any atom is -0.355 e. The fraction of sp³-hybridized carbons (Fsp3) is 0.222. The van der Waals surface area contributed by atoms with Gasteiger partial charge in [-0.05, 0) is 12.1 Å². The van der Waals surface area contributed by atoms with Gasteiger partial charge in [-0.1, -0.05) is 0 Å². The Kier molecular flexibility index (Phi) is 2.51. The van der Waals surface area contributed by atoms with Crippen LogP contribution in [0, 0.1) is 0 Å². The number of carbonyl (C=O) groups excluding carboxylic acids is 1. The predicted octanol–water partition coefficient (Wildman–Crippen LogP) is 1.03. The number of carbonyl (C=O) groups is 1. The fourth-order valence-corrected chi connectivity index (χ4v) is 1.34. The summed E-state index contributed by atoms with van der Waals surface area (Å²) in [6.07, 6.45) is -1.44. The molecule has 0 atom stereocenters. The van der Waals surface area contributed by atoms with Crippen molar-refractivity contribution < 1.29 is 13.6 Å². The second-order valence-electron chi connectivity index (χ2n) is 3.08. The lowest BCUT2D eigenvalue weighted by Gasteiger charge is -2.02. The molecule has 84 valence electrons. The van der Waals surface area contributed by atoms with Gasteiger partial charge in [-0.2, -0.15) is 0 Å². The second kappa shape index (κ2) is 3.84. The average molecular weight is 226 g/mol. The van der Waals surface area contributed by atoms with Crippen LogP contribution < -0.4 is 5.32 Å². The van der Waals surface area contributed by atoms with E-state index in [0.29, 0.717) is 0 Å². The van der Waals surface area contributed by atoms with E-state index in [1.807, 2.05) is 0 Å². The van der Waals surface area contributed by atoms with Crippen molar-refractivity contribution in [2.75, 3.05) is 7.05 Å². The van der Waals surface area contributed by atoms with Crippen LogP contribution in [-0.4, -0.2) is 27.6 Å². The number of fused-ring (bicyclic) bond motifs is 1. The van der Waals surface area contributed by atoms with E-state index < -0.39 is 12.2 Å². The van der Waals surface area contributed by atoms with Crippen molar-refractivity contribution >= 4 is 11.6 Å². The number of pyridine rings is 1. The number of alkyl halides is 2. The quantitative estimate of drug-likeness (QED) is 0.831. The Labute approximate surface area is 89.1 Å². The van der Waals surface area contributed by atoms with Crippen molar-refractivity contribution in [1.29, 1.82) is 0 Å². The number of nitrogens with one attached hydrogen (secondary N) is 1. The Morgan fingerprint density at radius 1 is 1.44 bits per heavy atom. The van der Waals surface area contributed by atoms with E-state index in [0.717, 1.165) is 4.40 Å². The normalized spacial score (nSPS) is 11.0. The highest BCUT2D eigenvalue weighted by Gasteiger charge is 2.16. The van der Waals surface area contributed by atoms with Crippen LogP contribution >= 0.6 is 0 Å². The molecule has 1 amide bonds. The monoisotopic (exact) mass is 226 g/mol. The zero-order chi connectivity index (χ0) is 11.7. The molecule has 0 aromatic carbocycles. The molecule has 2 aromatic heterocycles. The maximum atomic E-state index is 12.5. The summed E-state index contributed by atoms with van der Waals surface area (Å²) in [5.74, 6) is -0.823. The molecule has 2 heterocycles. The molecule has 0 radical (unpaired) electrons. The Morgan fingerprint density at radius 3 is 2.81 bits per heavy atom. The van der Waals surface area contributed by atoms with Gasteiger partial charge in [-0.3, -0.25) is 9.20 Å². The summed E-state index contributed by atoms with van der Waals surface area (Å²) in [6.45, 7) is 0. The van der Waals surface area contributed by atoms with E-state index in [-0.39, 0.29) is 17.1 Å². The van der Waals surface area contributed by atoms with E-state index in [9.17, 15) is 13.6 Å². The van der Waals surface area contributed by atoms with Crippen LogP contribution in [0.25, 0.3) is 5.65 Å². The molecule has 0 aliphatic rings. The van der Waals surface area contributed by atoms with E-state index >= 15 is 0 Å². The van der Waals surface area contributed by atoms with Gasteiger partial charge in [0, 0.05) is 13.2 Å². The molecular weight excluding hydrogens is 218 g/mol. The molecule has 0 aliphatic carbocycles. The average Bonchev–Trinajstić information content (AvgIpc) is 2.70. The number of amides is 1. The second-order valence-corrected chi connectivity index (χ2v) is 3.08. The third kappa shape index (κ3) is 1.60. The largest absolute Gasteiger partial charge is 0.355 e. The molecule has 2 rings (SSSR count). The van der Waals surface area contributed by atoms with Crippen molar-refractivity contribution in [1.82, 2.24) is 19.9 Å². The Balaban J connectivity index is 2.58. The zero-order valence-corrected chi connectivity index (χ0v) is 8.32. The van der Waals surface area contributed by atoms with Crippen LogP contribution in [0.4, 0.5) is 8.78 Å². The van der Waals surface area contributed by atoms with Crippen molar-refractivity contribution in [3.05, 3.63) is 29.7 Å². The van der Waals surface area contributed by atoms with Crippen LogP contribution in [0.3, 0.4) is 0 Å². The topological polar surface area (TPSA) is 59.3 Å². The summed E-state index contributed by atoms with van der Waals surface area (Å²) >= 11 is 0. The van der Waals surface area contributed by atoms with Gasteiger partial charge in [-0.15, -0.1) is 10.2 Å². The number of halogens is 2. The van der Waals surface area contributed by atoms with Gasteiger partial charge in [0.25, 0.3) is 12.3 Å². The maximum absolute atomic E-state index is 12.5. The summed E-state index contributed by atoms with van der Waals surface area (Å²) in [5, 5.41) is 9.33. The zero-order valence-electron chi connectivity index (χ0n) is 8.32. The lowest BCUT2D eigenvalue weighted by atomic mass is 10.2. The number of nitrogens with zero attached hydrogens (tertiary/aromatic N) is 3. The molecule has 0 aliphatic heterocycles. The highest BCUT2D eigenvalue weighted by Crippen LogP contribution is 2.17. The fourth-order valence-electron chi connectivity index (χ4n) is 1.34. The van der Waals surface area contributed by atoms with E-state index in [1.165, 1.54) is 25.4 Å². The molecule has 2 aromatic rings. The minimum absolute atomic E-state index is 0.275. The van der Waals surface area contributed by atoms with Crippen LogP contribution in [-0.2, 0) is 0 Å². The van der Waals surface area contributed by atoms with Crippen molar-refractivity contribution in [3.8, 4) is 0 Å². The maximum Gasteiger partial charge on any atom is 0.297 e. The highest BCUT2D eigenvalue weighted by atomic mass is 19.3. The molecule has 5 nitrogen and oxygen atoms in total. The van der Waals surface area contributed by atoms with Gasteiger partial charge in [0.1, 0.15) is 0 Å². The summed E-state index contributed by atoms with van der Waals surface area (Å²) in [5.41, 5.74) is 0.555. The van der Waals surface area contributed by atoms with Crippen LogP contribution in [0.15, 0.2) is 18.3 Å². The Hall–Kier alpha value is -2.05. The smallest absolute Gasteiger partial charge is 0.297 e. The van der Waals surface area contributed by atoms with E-state index in [4.69, 9.17) is 0 Å². The van der Waals surface area contributed by atoms with Crippen molar-refractivity contribution in [2.24, 2.45) is 0 Å². The molecule has 0 saturated heterocycles. The number of hydrogen-bond donors (Lipinski definition) is 1. The molecule has 0 fully saturated rings. The first-order chi connectivity index (χ1) is 7.63. The molecule has 7 heteroatoms. The molecule has 16 heavy (non-hydrogen) atoms. The van der Waals surface area contributed by atoms with Gasteiger partial charge in [0.05, 0.1) is 5.56 Å². The number of rotatable bonds is 2. The first-order valence-corrected chi connectivity index (χ1v) is 4.48. The molecule has 0 bridgehead atoms. The SMILES string of the molecule is CNC(=O)c1ccc2nnc(C(F)F)n2c1. The van der Waals surface area contributed by atoms with Gasteiger partial charge >= 0.3 is 0 Å². The van der Waals surface area contributed by atoms with Crippen LogP contribution in [0.5, 0.6) is 0 Å². The summed E-state index contributed by atoms with van der Waals surface area (Å²) in [7, 11) is 1.46. The molecule has 0 unspecified atom stereocenters. The van der Waals surface area contributed by atoms with Gasteiger partial charge in [0.15, 0.2) is 5.65 Å². The Morgan fingerprint density at radius 2 is 2.19 bits per heavy atom. The minimum atomic E-state index is -2.73.